The molecule has 0 fully saturated rings. The van der Waals surface area contributed by atoms with Gasteiger partial charge in [-0.1, -0.05) is 15.9 Å². The van der Waals surface area contributed by atoms with Gasteiger partial charge in [-0.3, -0.25) is 0 Å². The second-order valence-electron chi connectivity index (χ2n) is 4.87. The normalized spacial score (nSPS) is 12.3. The lowest BCUT2D eigenvalue weighted by molar-refractivity contribution is 0.00693. The molecule has 19 heavy (non-hydrogen) atoms. The van der Waals surface area contributed by atoms with Gasteiger partial charge in [0, 0.05) is 4.47 Å². The predicted molar refractivity (Wildman–Crippen MR) is 80.3 cm³/mol. The summed E-state index contributed by atoms with van der Waals surface area (Å²) in [7, 11) is -3.39. The van der Waals surface area contributed by atoms with Crippen LogP contribution in [0.4, 0.5) is 0 Å². The molecule has 0 saturated heterocycles. The van der Waals surface area contributed by atoms with Crippen molar-refractivity contribution < 1.29 is 17.9 Å². The van der Waals surface area contributed by atoms with E-state index in [-0.39, 0.29) is 9.56 Å². The van der Waals surface area contributed by atoms with E-state index in [1.807, 2.05) is 0 Å². The Kier molecular flexibility index (Phi) is 5.20. The lowest BCUT2D eigenvalue weighted by Gasteiger charge is -2.19. The molecule has 1 aromatic carbocycles. The second-order valence-corrected chi connectivity index (χ2v) is 8.99. The Hall–Kier alpha value is -0.400. The molecule has 0 aliphatic rings. The van der Waals surface area contributed by atoms with E-state index in [9.17, 15) is 13.2 Å². The molecular weight excluding hydrogens is 400 g/mol. The van der Waals surface area contributed by atoms with Crippen molar-refractivity contribution in [1.82, 2.24) is 0 Å². The van der Waals surface area contributed by atoms with Crippen LogP contribution < -0.4 is 0 Å². The zero-order valence-corrected chi connectivity index (χ0v) is 14.7. The molecule has 7 heteroatoms. The number of ether oxygens (including phenoxy) is 1. The van der Waals surface area contributed by atoms with Crippen LogP contribution in [0.1, 0.15) is 31.1 Å². The zero-order valence-electron chi connectivity index (χ0n) is 10.7. The van der Waals surface area contributed by atoms with Crippen LogP contribution in [0.25, 0.3) is 0 Å². The predicted octanol–water partition coefficient (Wildman–Crippen LogP) is 3.53. The van der Waals surface area contributed by atoms with Crippen molar-refractivity contribution in [2.75, 3.05) is 4.66 Å². The van der Waals surface area contributed by atoms with Crippen molar-refractivity contribution in [3.8, 4) is 0 Å². The minimum Gasteiger partial charge on any atom is -0.456 e. The van der Waals surface area contributed by atoms with Crippen LogP contribution in [0.15, 0.2) is 27.6 Å². The molecule has 0 aliphatic carbocycles. The maximum Gasteiger partial charge on any atom is 0.338 e. The molecular formula is C12H14Br2O4S. The monoisotopic (exact) mass is 412 g/mol. The lowest BCUT2D eigenvalue weighted by Crippen LogP contribution is -2.24. The molecule has 106 valence electrons. The Morgan fingerprint density at radius 3 is 2.32 bits per heavy atom. The first-order valence-corrected chi connectivity index (χ1v) is 8.95. The summed E-state index contributed by atoms with van der Waals surface area (Å²) in [6, 6.07) is 4.28. The first-order chi connectivity index (χ1) is 8.57. The summed E-state index contributed by atoms with van der Waals surface area (Å²) >= 11 is 6.09. The van der Waals surface area contributed by atoms with Crippen LogP contribution in [0.2, 0.25) is 0 Å². The van der Waals surface area contributed by atoms with Crippen LogP contribution in [0, 0.1) is 0 Å². The lowest BCUT2D eigenvalue weighted by atomic mass is 10.2. The third kappa shape index (κ3) is 4.57. The molecule has 0 bridgehead atoms. The van der Waals surface area contributed by atoms with Crippen molar-refractivity contribution in [1.29, 1.82) is 0 Å². The molecule has 0 atom stereocenters. The van der Waals surface area contributed by atoms with E-state index < -0.39 is 21.4 Å². The van der Waals surface area contributed by atoms with Gasteiger partial charge in [0.15, 0.2) is 9.84 Å². The fraction of sp³-hybridized carbons (Fsp3) is 0.417. The van der Waals surface area contributed by atoms with Gasteiger partial charge in [0.2, 0.25) is 0 Å². The SMILES string of the molecule is CC(C)(C)OC(=O)c1ccc(S(=O)(=O)CBr)c(Br)c1. The standard InChI is InChI=1S/C12H14Br2O4S/c1-12(2,3)18-11(15)8-4-5-10(9(14)6-8)19(16,17)7-13/h4-6H,7H2,1-3H3. The fourth-order valence-corrected chi connectivity index (χ4v) is 3.88. The van der Waals surface area contributed by atoms with Crippen molar-refractivity contribution in [3.05, 3.63) is 28.2 Å². The number of esters is 1. The molecule has 0 unspecified atom stereocenters. The Morgan fingerprint density at radius 2 is 1.89 bits per heavy atom. The maximum absolute atomic E-state index is 11.8. The van der Waals surface area contributed by atoms with E-state index in [2.05, 4.69) is 31.9 Å². The van der Waals surface area contributed by atoms with Gasteiger partial charge in [-0.05, 0) is 54.9 Å². The highest BCUT2D eigenvalue weighted by atomic mass is 79.9. The van der Waals surface area contributed by atoms with Crippen LogP contribution in [0.5, 0.6) is 0 Å². The number of sulfone groups is 1. The number of carbonyl (C=O) groups is 1. The quantitative estimate of drug-likeness (QED) is 0.561. The number of alkyl halides is 1. The highest BCUT2D eigenvalue weighted by Gasteiger charge is 2.21. The average Bonchev–Trinajstić information content (AvgIpc) is 2.26. The van der Waals surface area contributed by atoms with E-state index in [0.717, 1.165) is 0 Å². The molecule has 0 amide bonds. The molecule has 0 saturated carbocycles. The number of carbonyl (C=O) groups excluding carboxylic acids is 1. The van der Waals surface area contributed by atoms with Gasteiger partial charge in [0.25, 0.3) is 0 Å². The average molecular weight is 414 g/mol. The van der Waals surface area contributed by atoms with Crippen LogP contribution >= 0.6 is 31.9 Å². The van der Waals surface area contributed by atoms with E-state index in [1.165, 1.54) is 18.2 Å². The molecule has 4 nitrogen and oxygen atoms in total. The molecule has 0 aromatic heterocycles. The fourth-order valence-electron chi connectivity index (χ4n) is 1.28. The third-order valence-corrected chi connectivity index (χ3v) is 6.09. The van der Waals surface area contributed by atoms with Crippen molar-refractivity contribution in [3.63, 3.8) is 0 Å². The van der Waals surface area contributed by atoms with E-state index >= 15 is 0 Å². The molecule has 0 heterocycles. The van der Waals surface area contributed by atoms with Crippen LogP contribution in [-0.4, -0.2) is 24.7 Å². The first kappa shape index (κ1) is 16.7. The summed E-state index contributed by atoms with van der Waals surface area (Å²) < 4.78 is 28.9. The van der Waals surface area contributed by atoms with Crippen molar-refractivity contribution >= 4 is 47.7 Å². The minimum atomic E-state index is -3.39. The zero-order chi connectivity index (χ0) is 14.8. The summed E-state index contributed by atoms with van der Waals surface area (Å²) in [5, 5.41) is 0. The molecule has 1 rings (SSSR count). The van der Waals surface area contributed by atoms with E-state index in [1.54, 1.807) is 20.8 Å². The summed E-state index contributed by atoms with van der Waals surface area (Å²) in [5.74, 6) is -0.490. The van der Waals surface area contributed by atoms with Gasteiger partial charge in [-0.15, -0.1) is 0 Å². The number of rotatable bonds is 3. The molecule has 0 N–H and O–H groups in total. The highest BCUT2D eigenvalue weighted by molar-refractivity contribution is 9.11. The summed E-state index contributed by atoms with van der Waals surface area (Å²) in [5.41, 5.74) is -0.292. The van der Waals surface area contributed by atoms with Gasteiger partial charge in [0.05, 0.1) is 10.5 Å². The largest absolute Gasteiger partial charge is 0.456 e. The minimum absolute atomic E-state index is 0.136. The van der Waals surface area contributed by atoms with Gasteiger partial charge in [0.1, 0.15) is 10.3 Å². The maximum atomic E-state index is 11.8. The number of benzene rings is 1. The summed E-state index contributed by atoms with van der Waals surface area (Å²) in [4.78, 5) is 12.0. The van der Waals surface area contributed by atoms with Gasteiger partial charge >= 0.3 is 5.97 Å². The van der Waals surface area contributed by atoms with Gasteiger partial charge < -0.3 is 4.74 Å². The van der Waals surface area contributed by atoms with Gasteiger partial charge in [-0.2, -0.15) is 0 Å². The van der Waals surface area contributed by atoms with Crippen molar-refractivity contribution in [2.24, 2.45) is 0 Å². The topological polar surface area (TPSA) is 60.4 Å². The Labute approximate surface area is 129 Å². The number of halogens is 2. The van der Waals surface area contributed by atoms with Crippen LogP contribution in [0.3, 0.4) is 0 Å². The van der Waals surface area contributed by atoms with E-state index in [0.29, 0.717) is 10.0 Å². The smallest absolute Gasteiger partial charge is 0.338 e. The van der Waals surface area contributed by atoms with E-state index in [4.69, 9.17) is 4.74 Å². The number of hydrogen-bond donors (Lipinski definition) is 0. The summed E-state index contributed by atoms with van der Waals surface area (Å²) in [6.45, 7) is 5.30. The Morgan fingerprint density at radius 1 is 1.32 bits per heavy atom. The summed E-state index contributed by atoms with van der Waals surface area (Å²) in [6.07, 6.45) is 0. The first-order valence-electron chi connectivity index (χ1n) is 5.38. The molecule has 0 spiro atoms. The molecule has 0 aliphatic heterocycles. The molecule has 0 radical (unpaired) electrons. The van der Waals surface area contributed by atoms with Crippen molar-refractivity contribution in [2.45, 2.75) is 31.3 Å². The number of hydrogen-bond acceptors (Lipinski definition) is 4. The van der Waals surface area contributed by atoms with Gasteiger partial charge in [-0.25, -0.2) is 13.2 Å². The third-order valence-electron chi connectivity index (χ3n) is 2.05. The van der Waals surface area contributed by atoms with Crippen LogP contribution in [-0.2, 0) is 14.6 Å². The second kappa shape index (κ2) is 5.93. The highest BCUT2D eigenvalue weighted by Crippen LogP contribution is 2.26. The Bertz CT molecular complexity index is 588. The molecule has 1 aromatic rings. The Balaban J connectivity index is 3.11.